The van der Waals surface area contributed by atoms with Crippen LogP contribution in [-0.2, 0) is 0 Å². The van der Waals surface area contributed by atoms with Crippen LogP contribution in [0.25, 0.3) is 0 Å². The van der Waals surface area contributed by atoms with Crippen LogP contribution in [0.1, 0.15) is 27.2 Å². The molecule has 2 amide bonds. The minimum Gasteiger partial charge on any atom is -0.392 e. The van der Waals surface area contributed by atoms with Crippen LogP contribution >= 0.6 is 11.8 Å². The second-order valence-electron chi connectivity index (χ2n) is 4.17. The maximum absolute atomic E-state index is 11.8. The lowest BCUT2D eigenvalue weighted by molar-refractivity contribution is 0.119. The Labute approximate surface area is 103 Å². The minimum absolute atomic E-state index is 0.0861. The van der Waals surface area contributed by atoms with Crippen LogP contribution in [0.5, 0.6) is 0 Å². The van der Waals surface area contributed by atoms with Crippen LogP contribution < -0.4 is 5.32 Å². The highest BCUT2D eigenvalue weighted by atomic mass is 32.2. The zero-order chi connectivity index (χ0) is 12.6. The van der Waals surface area contributed by atoms with Gasteiger partial charge in [0.15, 0.2) is 0 Å². The summed E-state index contributed by atoms with van der Waals surface area (Å²) in [6.07, 6.45) is 2.54. The summed E-state index contributed by atoms with van der Waals surface area (Å²) in [6, 6.07) is 0.0205. The standard InChI is InChI=1S/C11H24N2O2S/c1-9(2)13(8-10(3)14)11(15)12-6-5-7-16-4/h9-10,14H,5-8H2,1-4H3,(H,12,15). The van der Waals surface area contributed by atoms with E-state index in [1.807, 2.05) is 13.8 Å². The fraction of sp³-hybridized carbons (Fsp3) is 0.909. The molecule has 0 rings (SSSR count). The first kappa shape index (κ1) is 15.6. The smallest absolute Gasteiger partial charge is 0.317 e. The summed E-state index contributed by atoms with van der Waals surface area (Å²) >= 11 is 1.77. The summed E-state index contributed by atoms with van der Waals surface area (Å²) < 4.78 is 0. The number of carbonyl (C=O) groups excluding carboxylic acids is 1. The molecule has 2 N–H and O–H groups in total. The van der Waals surface area contributed by atoms with Crippen molar-refractivity contribution >= 4 is 17.8 Å². The normalized spacial score (nSPS) is 12.6. The molecule has 0 aliphatic heterocycles. The summed E-state index contributed by atoms with van der Waals surface area (Å²) in [6.45, 7) is 6.67. The number of hydrogen-bond donors (Lipinski definition) is 2. The van der Waals surface area contributed by atoms with Gasteiger partial charge in [-0.25, -0.2) is 4.79 Å². The fourth-order valence-corrected chi connectivity index (χ4v) is 1.76. The zero-order valence-electron chi connectivity index (χ0n) is 10.7. The van der Waals surface area contributed by atoms with E-state index in [1.54, 1.807) is 23.6 Å². The number of rotatable bonds is 7. The third-order valence-corrected chi connectivity index (χ3v) is 2.84. The SMILES string of the molecule is CSCCCNC(=O)N(CC(C)O)C(C)C. The first-order valence-electron chi connectivity index (χ1n) is 5.70. The van der Waals surface area contributed by atoms with Crippen molar-refractivity contribution in [3.8, 4) is 0 Å². The van der Waals surface area contributed by atoms with Gasteiger partial charge in [0.2, 0.25) is 0 Å². The molecule has 1 atom stereocenters. The lowest BCUT2D eigenvalue weighted by Gasteiger charge is -2.28. The van der Waals surface area contributed by atoms with E-state index in [1.165, 1.54) is 0 Å². The molecule has 16 heavy (non-hydrogen) atoms. The van der Waals surface area contributed by atoms with Gasteiger partial charge in [-0.3, -0.25) is 0 Å². The van der Waals surface area contributed by atoms with Crippen LogP contribution in [0.15, 0.2) is 0 Å². The van der Waals surface area contributed by atoms with Crippen molar-refractivity contribution in [3.63, 3.8) is 0 Å². The number of thioether (sulfide) groups is 1. The van der Waals surface area contributed by atoms with Crippen LogP contribution in [0.2, 0.25) is 0 Å². The van der Waals surface area contributed by atoms with Crippen LogP contribution in [0, 0.1) is 0 Å². The van der Waals surface area contributed by atoms with Crippen LogP contribution in [-0.4, -0.2) is 53.3 Å². The zero-order valence-corrected chi connectivity index (χ0v) is 11.5. The number of amides is 2. The van der Waals surface area contributed by atoms with Crippen LogP contribution in [0.3, 0.4) is 0 Å². The molecule has 0 aliphatic carbocycles. The second kappa shape index (κ2) is 8.70. The maximum Gasteiger partial charge on any atom is 0.317 e. The van der Waals surface area contributed by atoms with Crippen molar-refractivity contribution in [1.82, 2.24) is 10.2 Å². The van der Waals surface area contributed by atoms with E-state index in [-0.39, 0.29) is 12.1 Å². The van der Waals surface area contributed by atoms with E-state index in [9.17, 15) is 9.90 Å². The van der Waals surface area contributed by atoms with Gasteiger partial charge in [0.1, 0.15) is 0 Å². The Bertz CT molecular complexity index is 198. The van der Waals surface area contributed by atoms with E-state index < -0.39 is 6.10 Å². The molecule has 5 heteroatoms. The Morgan fingerprint density at radius 2 is 2.06 bits per heavy atom. The van der Waals surface area contributed by atoms with E-state index in [0.717, 1.165) is 12.2 Å². The minimum atomic E-state index is -0.487. The number of carbonyl (C=O) groups is 1. The Hall–Kier alpha value is -0.420. The molecular formula is C11H24N2O2S. The number of nitrogens with zero attached hydrogens (tertiary/aromatic N) is 1. The lowest BCUT2D eigenvalue weighted by Crippen LogP contribution is -2.47. The van der Waals surface area contributed by atoms with Gasteiger partial charge in [-0.15, -0.1) is 0 Å². The second-order valence-corrected chi connectivity index (χ2v) is 5.16. The number of hydrogen-bond acceptors (Lipinski definition) is 3. The first-order valence-corrected chi connectivity index (χ1v) is 7.09. The van der Waals surface area contributed by atoms with Gasteiger partial charge in [0, 0.05) is 19.1 Å². The molecule has 0 spiro atoms. The molecular weight excluding hydrogens is 224 g/mol. The van der Waals surface area contributed by atoms with Crippen molar-refractivity contribution in [2.75, 3.05) is 25.1 Å². The number of nitrogens with one attached hydrogen (secondary N) is 1. The lowest BCUT2D eigenvalue weighted by atomic mass is 10.3. The Kier molecular flexibility index (Phi) is 8.47. The number of aliphatic hydroxyl groups is 1. The molecule has 0 fully saturated rings. The molecule has 1 unspecified atom stereocenters. The van der Waals surface area contributed by atoms with Gasteiger partial charge in [-0.05, 0) is 39.2 Å². The number of aliphatic hydroxyl groups excluding tert-OH is 1. The van der Waals surface area contributed by atoms with Crippen molar-refractivity contribution in [1.29, 1.82) is 0 Å². The summed E-state index contributed by atoms with van der Waals surface area (Å²) in [7, 11) is 0. The molecule has 0 aromatic carbocycles. The molecule has 4 nitrogen and oxygen atoms in total. The molecule has 0 bridgehead atoms. The molecule has 0 heterocycles. The number of urea groups is 1. The van der Waals surface area contributed by atoms with Gasteiger partial charge in [-0.1, -0.05) is 0 Å². The molecule has 0 aliphatic rings. The van der Waals surface area contributed by atoms with Crippen molar-refractivity contribution in [3.05, 3.63) is 0 Å². The predicted octanol–water partition coefficient (Wildman–Crippen LogP) is 1.54. The van der Waals surface area contributed by atoms with Gasteiger partial charge in [0.05, 0.1) is 6.10 Å². The van der Waals surface area contributed by atoms with Gasteiger partial charge >= 0.3 is 6.03 Å². The average Bonchev–Trinajstić information content (AvgIpc) is 2.20. The highest BCUT2D eigenvalue weighted by molar-refractivity contribution is 7.98. The van der Waals surface area contributed by atoms with E-state index >= 15 is 0 Å². The topological polar surface area (TPSA) is 52.6 Å². The Morgan fingerprint density at radius 3 is 2.50 bits per heavy atom. The average molecular weight is 248 g/mol. The van der Waals surface area contributed by atoms with Gasteiger partial charge < -0.3 is 15.3 Å². The Balaban J connectivity index is 3.97. The molecule has 0 aromatic rings. The fourth-order valence-electron chi connectivity index (χ4n) is 1.33. The summed E-state index contributed by atoms with van der Waals surface area (Å²) in [4.78, 5) is 13.4. The van der Waals surface area contributed by atoms with E-state index in [2.05, 4.69) is 11.6 Å². The first-order chi connectivity index (χ1) is 7.49. The molecule has 96 valence electrons. The predicted molar refractivity (Wildman–Crippen MR) is 69.9 cm³/mol. The Morgan fingerprint density at radius 1 is 1.44 bits per heavy atom. The third-order valence-electron chi connectivity index (χ3n) is 2.15. The highest BCUT2D eigenvalue weighted by Gasteiger charge is 2.17. The van der Waals surface area contributed by atoms with Crippen LogP contribution in [0.4, 0.5) is 4.79 Å². The van der Waals surface area contributed by atoms with Crippen molar-refractivity contribution < 1.29 is 9.90 Å². The highest BCUT2D eigenvalue weighted by Crippen LogP contribution is 2.01. The summed E-state index contributed by atoms with van der Waals surface area (Å²) in [5, 5.41) is 12.2. The quantitative estimate of drug-likeness (QED) is 0.672. The molecule has 0 saturated carbocycles. The van der Waals surface area contributed by atoms with E-state index in [4.69, 9.17) is 0 Å². The van der Waals surface area contributed by atoms with Crippen molar-refractivity contribution in [2.45, 2.75) is 39.3 Å². The van der Waals surface area contributed by atoms with Gasteiger partial charge in [0.25, 0.3) is 0 Å². The third kappa shape index (κ3) is 6.95. The van der Waals surface area contributed by atoms with Gasteiger partial charge in [-0.2, -0.15) is 11.8 Å². The molecule has 0 saturated heterocycles. The van der Waals surface area contributed by atoms with E-state index in [0.29, 0.717) is 13.1 Å². The maximum atomic E-state index is 11.8. The molecule has 0 aromatic heterocycles. The largest absolute Gasteiger partial charge is 0.392 e. The molecule has 0 radical (unpaired) electrons. The monoisotopic (exact) mass is 248 g/mol. The summed E-state index contributed by atoms with van der Waals surface area (Å²) in [5.41, 5.74) is 0. The van der Waals surface area contributed by atoms with Crippen molar-refractivity contribution in [2.24, 2.45) is 0 Å². The summed E-state index contributed by atoms with van der Waals surface area (Å²) in [5.74, 6) is 1.05.